The molecule has 0 radical (unpaired) electrons. The van der Waals surface area contributed by atoms with Crippen molar-refractivity contribution in [3.8, 4) is 5.75 Å². The summed E-state index contributed by atoms with van der Waals surface area (Å²) in [5.41, 5.74) is 3.04. The maximum atomic E-state index is 12.4. The topological polar surface area (TPSA) is 58.6 Å². The predicted molar refractivity (Wildman–Crippen MR) is 106 cm³/mol. The molecule has 1 heterocycles. The molecule has 1 aliphatic heterocycles. The highest BCUT2D eigenvalue weighted by Crippen LogP contribution is 2.20. The number of ether oxygens (including phenoxy) is 1. The molecule has 2 aromatic rings. The highest BCUT2D eigenvalue weighted by Gasteiger charge is 2.27. The number of piperidine rings is 1. The van der Waals surface area contributed by atoms with Gasteiger partial charge in [-0.25, -0.2) is 0 Å². The average molecular weight is 366 g/mol. The van der Waals surface area contributed by atoms with E-state index in [1.807, 2.05) is 56.3 Å². The number of carbonyl (C=O) groups is 2. The van der Waals surface area contributed by atoms with Crippen LogP contribution >= 0.6 is 0 Å². The van der Waals surface area contributed by atoms with Gasteiger partial charge in [0, 0.05) is 24.7 Å². The molecule has 0 bridgehead atoms. The monoisotopic (exact) mass is 366 g/mol. The molecule has 0 saturated carbocycles. The molecule has 5 nitrogen and oxygen atoms in total. The number of para-hydroxylation sites is 1. The van der Waals surface area contributed by atoms with Crippen molar-refractivity contribution >= 4 is 17.5 Å². The fraction of sp³-hybridized carbons (Fsp3) is 0.364. The molecule has 27 heavy (non-hydrogen) atoms. The molecule has 0 aliphatic carbocycles. The lowest BCUT2D eigenvalue weighted by atomic mass is 9.95. The average Bonchev–Trinajstić information content (AvgIpc) is 2.66. The molecule has 2 aromatic carbocycles. The van der Waals surface area contributed by atoms with Crippen LogP contribution in [0.15, 0.2) is 48.5 Å². The number of anilines is 1. The summed E-state index contributed by atoms with van der Waals surface area (Å²) in [6, 6.07) is 15.4. The molecule has 5 heteroatoms. The molecule has 1 fully saturated rings. The van der Waals surface area contributed by atoms with Crippen LogP contribution in [-0.2, 0) is 9.59 Å². The number of benzene rings is 2. The molecule has 3 rings (SSSR count). The van der Waals surface area contributed by atoms with Crippen molar-refractivity contribution in [1.29, 1.82) is 0 Å². The minimum atomic E-state index is -0.0606. The number of amides is 2. The van der Waals surface area contributed by atoms with E-state index >= 15 is 0 Å². The lowest BCUT2D eigenvalue weighted by Gasteiger charge is -2.31. The van der Waals surface area contributed by atoms with Gasteiger partial charge in [-0.3, -0.25) is 9.59 Å². The third-order valence-corrected chi connectivity index (χ3v) is 4.82. The molecule has 1 aliphatic rings. The highest BCUT2D eigenvalue weighted by atomic mass is 16.5. The second kappa shape index (κ2) is 8.71. The van der Waals surface area contributed by atoms with Crippen LogP contribution in [0, 0.1) is 19.8 Å². The minimum Gasteiger partial charge on any atom is -0.484 e. The van der Waals surface area contributed by atoms with Crippen molar-refractivity contribution in [2.24, 2.45) is 5.92 Å². The number of nitrogens with one attached hydrogen (secondary N) is 1. The molecule has 0 aromatic heterocycles. The number of nitrogens with zero attached hydrogens (tertiary/aromatic N) is 1. The molecule has 142 valence electrons. The van der Waals surface area contributed by atoms with Crippen molar-refractivity contribution in [1.82, 2.24) is 4.90 Å². The Morgan fingerprint density at radius 1 is 1.04 bits per heavy atom. The molecule has 0 unspecified atom stereocenters. The van der Waals surface area contributed by atoms with E-state index in [0.29, 0.717) is 25.9 Å². The molecular formula is C22H26N2O3. The lowest BCUT2D eigenvalue weighted by molar-refractivity contribution is -0.136. The number of hydrogen-bond donors (Lipinski definition) is 1. The van der Waals surface area contributed by atoms with Crippen LogP contribution in [0.25, 0.3) is 0 Å². The normalized spacial score (nSPS) is 14.7. The summed E-state index contributed by atoms with van der Waals surface area (Å²) >= 11 is 0. The maximum absolute atomic E-state index is 12.4. The smallest absolute Gasteiger partial charge is 0.260 e. The van der Waals surface area contributed by atoms with Crippen LogP contribution in [0.4, 0.5) is 5.69 Å². The summed E-state index contributed by atoms with van der Waals surface area (Å²) in [5.74, 6) is 0.656. The fourth-order valence-corrected chi connectivity index (χ4v) is 3.41. The van der Waals surface area contributed by atoms with Gasteiger partial charge in [-0.2, -0.15) is 0 Å². The molecule has 1 saturated heterocycles. The summed E-state index contributed by atoms with van der Waals surface area (Å²) in [6.45, 7) is 5.22. The Morgan fingerprint density at radius 2 is 1.67 bits per heavy atom. The number of hydrogen-bond acceptors (Lipinski definition) is 3. The molecule has 0 spiro atoms. The van der Waals surface area contributed by atoms with Gasteiger partial charge < -0.3 is 15.0 Å². The van der Waals surface area contributed by atoms with Gasteiger partial charge in [0.05, 0.1) is 0 Å². The quantitative estimate of drug-likeness (QED) is 0.880. The van der Waals surface area contributed by atoms with Gasteiger partial charge in [-0.1, -0.05) is 24.3 Å². The van der Waals surface area contributed by atoms with Gasteiger partial charge in [-0.15, -0.1) is 0 Å². The summed E-state index contributed by atoms with van der Waals surface area (Å²) in [7, 11) is 0. The van der Waals surface area contributed by atoms with Crippen LogP contribution in [0.2, 0.25) is 0 Å². The highest BCUT2D eigenvalue weighted by molar-refractivity contribution is 5.92. The summed E-state index contributed by atoms with van der Waals surface area (Å²) < 4.78 is 5.67. The first-order chi connectivity index (χ1) is 13.0. The first kappa shape index (κ1) is 19.0. The van der Waals surface area contributed by atoms with Gasteiger partial charge in [0.1, 0.15) is 5.75 Å². The Balaban J connectivity index is 1.45. The number of rotatable bonds is 5. The summed E-state index contributed by atoms with van der Waals surface area (Å²) in [4.78, 5) is 26.6. The van der Waals surface area contributed by atoms with E-state index in [9.17, 15) is 9.59 Å². The Bertz CT molecular complexity index is 776. The molecule has 0 atom stereocenters. The Hall–Kier alpha value is -2.82. The van der Waals surface area contributed by atoms with Crippen molar-refractivity contribution in [2.75, 3.05) is 25.0 Å². The Kier molecular flexibility index (Phi) is 6.12. The zero-order chi connectivity index (χ0) is 19.2. The SMILES string of the molecule is Cc1cc(C)cc(OCC(=O)N2CCC(C(=O)Nc3ccccc3)CC2)c1. The fourth-order valence-electron chi connectivity index (χ4n) is 3.41. The Morgan fingerprint density at radius 3 is 2.30 bits per heavy atom. The number of carbonyl (C=O) groups excluding carboxylic acids is 2. The number of aryl methyl sites for hydroxylation is 2. The molecular weight excluding hydrogens is 340 g/mol. The third kappa shape index (κ3) is 5.33. The first-order valence-corrected chi connectivity index (χ1v) is 9.36. The number of likely N-dealkylation sites (tertiary alicyclic amines) is 1. The van der Waals surface area contributed by atoms with Crippen molar-refractivity contribution in [3.05, 3.63) is 59.7 Å². The van der Waals surface area contributed by atoms with E-state index in [1.165, 1.54) is 0 Å². The van der Waals surface area contributed by atoms with Gasteiger partial charge in [0.2, 0.25) is 5.91 Å². The zero-order valence-electron chi connectivity index (χ0n) is 15.9. The zero-order valence-corrected chi connectivity index (χ0v) is 15.9. The summed E-state index contributed by atoms with van der Waals surface area (Å²) in [6.07, 6.45) is 1.35. The van der Waals surface area contributed by atoms with E-state index in [1.54, 1.807) is 4.90 Å². The van der Waals surface area contributed by atoms with E-state index < -0.39 is 0 Å². The minimum absolute atomic E-state index is 0.0276. The first-order valence-electron chi connectivity index (χ1n) is 9.36. The standard InChI is InChI=1S/C22H26N2O3/c1-16-12-17(2)14-20(13-16)27-15-21(25)24-10-8-18(9-11-24)22(26)23-19-6-4-3-5-7-19/h3-7,12-14,18H,8-11,15H2,1-2H3,(H,23,26). The largest absolute Gasteiger partial charge is 0.484 e. The van der Waals surface area contributed by atoms with E-state index in [4.69, 9.17) is 4.74 Å². The van der Waals surface area contributed by atoms with Crippen LogP contribution < -0.4 is 10.1 Å². The maximum Gasteiger partial charge on any atom is 0.260 e. The van der Waals surface area contributed by atoms with Gasteiger partial charge in [0.15, 0.2) is 6.61 Å². The third-order valence-electron chi connectivity index (χ3n) is 4.82. The Labute approximate surface area is 160 Å². The second-order valence-corrected chi connectivity index (χ2v) is 7.12. The van der Waals surface area contributed by atoms with Gasteiger partial charge in [-0.05, 0) is 62.1 Å². The molecule has 1 N–H and O–H groups in total. The van der Waals surface area contributed by atoms with Crippen molar-refractivity contribution in [2.45, 2.75) is 26.7 Å². The van der Waals surface area contributed by atoms with Crippen LogP contribution in [-0.4, -0.2) is 36.4 Å². The van der Waals surface area contributed by atoms with Crippen molar-refractivity contribution in [3.63, 3.8) is 0 Å². The van der Waals surface area contributed by atoms with E-state index in [0.717, 1.165) is 22.6 Å². The van der Waals surface area contributed by atoms with E-state index in [-0.39, 0.29) is 24.3 Å². The molecule has 2 amide bonds. The second-order valence-electron chi connectivity index (χ2n) is 7.12. The van der Waals surface area contributed by atoms with Crippen LogP contribution in [0.5, 0.6) is 5.75 Å². The van der Waals surface area contributed by atoms with Gasteiger partial charge >= 0.3 is 0 Å². The lowest BCUT2D eigenvalue weighted by Crippen LogP contribution is -2.43. The summed E-state index contributed by atoms with van der Waals surface area (Å²) in [5, 5.41) is 2.95. The van der Waals surface area contributed by atoms with Crippen molar-refractivity contribution < 1.29 is 14.3 Å². The van der Waals surface area contributed by atoms with Gasteiger partial charge in [0.25, 0.3) is 5.91 Å². The van der Waals surface area contributed by atoms with Crippen LogP contribution in [0.1, 0.15) is 24.0 Å². The van der Waals surface area contributed by atoms with Crippen LogP contribution in [0.3, 0.4) is 0 Å². The predicted octanol–water partition coefficient (Wildman–Crippen LogP) is 3.56. The van der Waals surface area contributed by atoms with E-state index in [2.05, 4.69) is 11.4 Å².